The van der Waals surface area contributed by atoms with Gasteiger partial charge in [-0.05, 0) is 49.3 Å². The normalized spacial score (nSPS) is 11.6. The van der Waals surface area contributed by atoms with Gasteiger partial charge in [0, 0.05) is 18.5 Å². The van der Waals surface area contributed by atoms with Gasteiger partial charge in [0.2, 0.25) is 5.91 Å². The molecule has 0 saturated carbocycles. The van der Waals surface area contributed by atoms with Crippen molar-refractivity contribution in [3.63, 3.8) is 0 Å². The zero-order valence-electron chi connectivity index (χ0n) is 15.3. The van der Waals surface area contributed by atoms with E-state index in [1.54, 1.807) is 0 Å². The Balaban J connectivity index is 1.81. The van der Waals surface area contributed by atoms with Gasteiger partial charge in [-0.1, -0.05) is 48.5 Å². The molecule has 0 fully saturated rings. The summed E-state index contributed by atoms with van der Waals surface area (Å²) in [6.07, 6.45) is 4.31. The number of carbonyl (C=O) groups is 2. The van der Waals surface area contributed by atoms with Crippen LogP contribution in [-0.2, 0) is 20.7 Å². The summed E-state index contributed by atoms with van der Waals surface area (Å²) < 4.78 is 4.76. The summed E-state index contributed by atoms with van der Waals surface area (Å²) in [7, 11) is 1.42. The van der Waals surface area contributed by atoms with Crippen LogP contribution in [0.5, 0.6) is 0 Å². The van der Waals surface area contributed by atoms with Crippen molar-refractivity contribution < 1.29 is 14.3 Å². The van der Waals surface area contributed by atoms with Gasteiger partial charge in [0.25, 0.3) is 0 Å². The summed E-state index contributed by atoms with van der Waals surface area (Å²) in [4.78, 5) is 23.5. The molecule has 0 aliphatic carbocycles. The molecular formula is C22H27NO3. The van der Waals surface area contributed by atoms with Gasteiger partial charge in [-0.15, -0.1) is 0 Å². The van der Waals surface area contributed by atoms with Gasteiger partial charge in [-0.3, -0.25) is 9.59 Å². The van der Waals surface area contributed by atoms with Crippen LogP contribution in [0.2, 0.25) is 0 Å². The van der Waals surface area contributed by atoms with E-state index < -0.39 is 0 Å². The number of benzene rings is 2. The topological polar surface area (TPSA) is 55.4 Å². The van der Waals surface area contributed by atoms with Crippen molar-refractivity contribution in [3.8, 4) is 0 Å². The van der Waals surface area contributed by atoms with E-state index in [2.05, 4.69) is 17.4 Å². The SMILES string of the molecule is COC(=O)CCC(CCCC(=O)Nc1ccccc1)Cc1ccccc1. The maximum atomic E-state index is 12.1. The molecule has 0 spiro atoms. The Kier molecular flexibility index (Phi) is 8.40. The Morgan fingerprint density at radius 1 is 0.923 bits per heavy atom. The number of carbonyl (C=O) groups excluding carboxylic acids is 2. The molecule has 1 atom stereocenters. The van der Waals surface area contributed by atoms with Crippen LogP contribution in [0, 0.1) is 5.92 Å². The van der Waals surface area contributed by atoms with E-state index >= 15 is 0 Å². The number of esters is 1. The molecule has 2 rings (SSSR count). The number of hydrogen-bond acceptors (Lipinski definition) is 3. The molecule has 0 bridgehead atoms. The molecule has 26 heavy (non-hydrogen) atoms. The van der Waals surface area contributed by atoms with Crippen molar-refractivity contribution in [1.82, 2.24) is 0 Å². The van der Waals surface area contributed by atoms with Crippen LogP contribution < -0.4 is 5.32 Å². The van der Waals surface area contributed by atoms with E-state index in [1.807, 2.05) is 48.5 Å². The molecule has 4 nitrogen and oxygen atoms in total. The summed E-state index contributed by atoms with van der Waals surface area (Å²) in [5.74, 6) is 0.216. The monoisotopic (exact) mass is 353 g/mol. The summed E-state index contributed by atoms with van der Waals surface area (Å²) in [5, 5.41) is 2.91. The molecule has 138 valence electrons. The summed E-state index contributed by atoms with van der Waals surface area (Å²) in [6, 6.07) is 19.8. The van der Waals surface area contributed by atoms with Crippen LogP contribution in [0.3, 0.4) is 0 Å². The number of hydrogen-bond donors (Lipinski definition) is 1. The Bertz CT molecular complexity index is 670. The second kappa shape index (κ2) is 11.1. The standard InChI is InChI=1S/C22H27NO3/c1-26-22(25)16-15-19(17-18-9-4-2-5-10-18)11-8-14-21(24)23-20-12-6-3-7-13-20/h2-7,9-10,12-13,19H,8,11,14-17H2,1H3,(H,23,24). The third kappa shape index (κ3) is 7.51. The first-order valence-corrected chi connectivity index (χ1v) is 9.13. The molecule has 2 aromatic rings. The Morgan fingerprint density at radius 2 is 1.58 bits per heavy atom. The fourth-order valence-electron chi connectivity index (χ4n) is 3.02. The highest BCUT2D eigenvalue weighted by atomic mass is 16.5. The molecule has 0 radical (unpaired) electrons. The Morgan fingerprint density at radius 3 is 2.23 bits per heavy atom. The maximum Gasteiger partial charge on any atom is 0.305 e. The van der Waals surface area contributed by atoms with E-state index in [0.29, 0.717) is 18.8 Å². The summed E-state index contributed by atoms with van der Waals surface area (Å²) in [6.45, 7) is 0. The zero-order valence-corrected chi connectivity index (χ0v) is 15.3. The third-order valence-electron chi connectivity index (χ3n) is 4.43. The number of anilines is 1. The lowest BCUT2D eigenvalue weighted by molar-refractivity contribution is -0.141. The molecule has 0 aliphatic rings. The smallest absolute Gasteiger partial charge is 0.305 e. The molecule has 0 heterocycles. The highest BCUT2D eigenvalue weighted by Crippen LogP contribution is 2.21. The molecule has 1 amide bonds. The van der Waals surface area contributed by atoms with E-state index in [-0.39, 0.29) is 11.9 Å². The van der Waals surface area contributed by atoms with Gasteiger partial charge in [0.15, 0.2) is 0 Å². The van der Waals surface area contributed by atoms with Gasteiger partial charge in [-0.2, -0.15) is 0 Å². The lowest BCUT2D eigenvalue weighted by Gasteiger charge is -2.16. The van der Waals surface area contributed by atoms with Crippen LogP contribution in [-0.4, -0.2) is 19.0 Å². The average molecular weight is 353 g/mol. The fraction of sp³-hybridized carbons (Fsp3) is 0.364. The highest BCUT2D eigenvalue weighted by Gasteiger charge is 2.13. The van der Waals surface area contributed by atoms with Gasteiger partial charge in [0.05, 0.1) is 7.11 Å². The number of nitrogens with one attached hydrogen (secondary N) is 1. The molecule has 0 aliphatic heterocycles. The number of para-hydroxylation sites is 1. The van der Waals surface area contributed by atoms with Crippen molar-refractivity contribution in [2.45, 2.75) is 38.5 Å². The quantitative estimate of drug-likeness (QED) is 0.635. The largest absolute Gasteiger partial charge is 0.469 e. The van der Waals surface area contributed by atoms with Gasteiger partial charge in [-0.25, -0.2) is 0 Å². The lowest BCUT2D eigenvalue weighted by Crippen LogP contribution is -2.13. The van der Waals surface area contributed by atoms with Crippen molar-refractivity contribution in [2.24, 2.45) is 5.92 Å². The van der Waals surface area contributed by atoms with Gasteiger partial charge < -0.3 is 10.1 Å². The minimum absolute atomic E-state index is 0.0302. The minimum Gasteiger partial charge on any atom is -0.469 e. The first kappa shape index (κ1) is 19.7. The fourth-order valence-corrected chi connectivity index (χ4v) is 3.02. The van der Waals surface area contributed by atoms with E-state index in [9.17, 15) is 9.59 Å². The zero-order chi connectivity index (χ0) is 18.6. The molecule has 1 N–H and O–H groups in total. The summed E-state index contributed by atoms with van der Waals surface area (Å²) in [5.41, 5.74) is 2.08. The second-order valence-electron chi connectivity index (χ2n) is 6.48. The maximum absolute atomic E-state index is 12.1. The predicted octanol–water partition coefficient (Wildman–Crippen LogP) is 4.61. The van der Waals surface area contributed by atoms with Crippen LogP contribution >= 0.6 is 0 Å². The van der Waals surface area contributed by atoms with Crippen molar-refractivity contribution in [1.29, 1.82) is 0 Å². The van der Waals surface area contributed by atoms with Crippen LogP contribution in [0.15, 0.2) is 60.7 Å². The number of ether oxygens (including phenoxy) is 1. The number of amides is 1. The van der Waals surface area contributed by atoms with E-state index in [4.69, 9.17) is 4.74 Å². The van der Waals surface area contributed by atoms with Crippen LogP contribution in [0.4, 0.5) is 5.69 Å². The van der Waals surface area contributed by atoms with E-state index in [0.717, 1.165) is 31.4 Å². The molecule has 0 aromatic heterocycles. The van der Waals surface area contributed by atoms with Crippen molar-refractivity contribution in [2.75, 3.05) is 12.4 Å². The molecule has 2 aromatic carbocycles. The molecule has 1 unspecified atom stereocenters. The number of rotatable bonds is 10. The van der Waals surface area contributed by atoms with Gasteiger partial charge in [0.1, 0.15) is 0 Å². The Labute approximate surface area is 155 Å². The lowest BCUT2D eigenvalue weighted by atomic mass is 9.90. The van der Waals surface area contributed by atoms with E-state index in [1.165, 1.54) is 12.7 Å². The second-order valence-corrected chi connectivity index (χ2v) is 6.48. The first-order valence-electron chi connectivity index (χ1n) is 9.13. The minimum atomic E-state index is -0.176. The highest BCUT2D eigenvalue weighted by molar-refractivity contribution is 5.90. The van der Waals surface area contributed by atoms with Crippen LogP contribution in [0.25, 0.3) is 0 Å². The summed E-state index contributed by atoms with van der Waals surface area (Å²) >= 11 is 0. The molecule has 4 heteroatoms. The Hall–Kier alpha value is -2.62. The first-order chi connectivity index (χ1) is 12.7. The average Bonchev–Trinajstić information content (AvgIpc) is 2.67. The third-order valence-corrected chi connectivity index (χ3v) is 4.43. The molecule has 0 saturated heterocycles. The van der Waals surface area contributed by atoms with Gasteiger partial charge >= 0.3 is 5.97 Å². The van der Waals surface area contributed by atoms with Crippen LogP contribution in [0.1, 0.15) is 37.7 Å². The van der Waals surface area contributed by atoms with Crippen molar-refractivity contribution >= 4 is 17.6 Å². The predicted molar refractivity (Wildman–Crippen MR) is 104 cm³/mol. The molecular weight excluding hydrogens is 326 g/mol. The van der Waals surface area contributed by atoms with Crippen molar-refractivity contribution in [3.05, 3.63) is 66.2 Å². The number of methoxy groups -OCH3 is 1.